The quantitative estimate of drug-likeness (QED) is 0.600. The summed E-state index contributed by atoms with van der Waals surface area (Å²) in [6, 6.07) is 0. The maximum absolute atomic E-state index is 11.7. The van der Waals surface area contributed by atoms with Crippen LogP contribution in [0.1, 0.15) is 13.8 Å². The lowest BCUT2D eigenvalue weighted by atomic mass is 10.3. The highest BCUT2D eigenvalue weighted by atomic mass is 31.2. The molecule has 110 valence electrons. The minimum Gasteiger partial charge on any atom is -0.290 e. The first-order valence-corrected chi connectivity index (χ1v) is 7.97. The van der Waals surface area contributed by atoms with Crippen LogP contribution in [-0.2, 0) is 36.3 Å². The van der Waals surface area contributed by atoms with E-state index in [-0.39, 0.29) is 0 Å². The second kappa shape index (κ2) is 7.72. The number of hydrogen-bond acceptors (Lipinski definition) is 8. The highest BCUT2D eigenvalue weighted by Gasteiger charge is 2.33. The molecule has 0 rings (SSSR count). The van der Waals surface area contributed by atoms with Gasteiger partial charge in [-0.1, -0.05) is 0 Å². The number of rotatable bonds is 9. The van der Waals surface area contributed by atoms with Crippen molar-refractivity contribution < 1.29 is 36.3 Å². The van der Waals surface area contributed by atoms with Crippen LogP contribution in [0.3, 0.4) is 0 Å². The maximum Gasteiger partial charge on any atom is 0.474 e. The zero-order valence-corrected chi connectivity index (χ0v) is 13.1. The molecule has 0 radical (unpaired) electrons. The molecule has 0 saturated carbocycles. The molecule has 0 amide bonds. The van der Waals surface area contributed by atoms with E-state index in [1.807, 2.05) is 0 Å². The molecule has 0 unspecified atom stereocenters. The Morgan fingerprint density at radius 3 is 1.06 bits per heavy atom. The minimum absolute atomic E-state index is 0.714. The van der Waals surface area contributed by atoms with E-state index in [2.05, 4.69) is 18.1 Å². The standard InChI is InChI=1S/C8H20O8P2/c1-7(15-17(9,11-3)12-4)8(2)16-18(10,13-5)14-6/h7-8H,1-6H3/t7-,8+. The van der Waals surface area contributed by atoms with Gasteiger partial charge in [0.05, 0.1) is 12.2 Å². The minimum atomic E-state index is -3.62. The fraction of sp³-hybridized carbons (Fsp3) is 1.00. The Hall–Kier alpha value is 0.220. The molecule has 18 heavy (non-hydrogen) atoms. The van der Waals surface area contributed by atoms with E-state index in [1.54, 1.807) is 13.8 Å². The average Bonchev–Trinajstić information content (AvgIpc) is 2.38. The third-order valence-corrected chi connectivity index (χ3v) is 5.12. The smallest absolute Gasteiger partial charge is 0.290 e. The Kier molecular flexibility index (Phi) is 7.82. The largest absolute Gasteiger partial charge is 0.474 e. The maximum atomic E-state index is 11.7. The molecule has 0 fully saturated rings. The molecular formula is C8H20O8P2. The zero-order chi connectivity index (χ0) is 14.4. The molecule has 8 nitrogen and oxygen atoms in total. The van der Waals surface area contributed by atoms with Crippen molar-refractivity contribution in [3.05, 3.63) is 0 Å². The molecule has 0 aromatic rings. The predicted octanol–water partition coefficient (Wildman–Crippen LogP) is 2.60. The Labute approximate surface area is 107 Å². The Morgan fingerprint density at radius 1 is 0.667 bits per heavy atom. The van der Waals surface area contributed by atoms with Crippen LogP contribution in [0.25, 0.3) is 0 Å². The van der Waals surface area contributed by atoms with Crippen molar-refractivity contribution in [1.82, 2.24) is 0 Å². The van der Waals surface area contributed by atoms with Gasteiger partial charge in [0.15, 0.2) is 0 Å². The van der Waals surface area contributed by atoms with Crippen LogP contribution in [0, 0.1) is 0 Å². The number of phosphoric acid groups is 2. The summed E-state index contributed by atoms with van der Waals surface area (Å²) in [7, 11) is -2.48. The van der Waals surface area contributed by atoms with Gasteiger partial charge >= 0.3 is 15.6 Å². The summed E-state index contributed by atoms with van der Waals surface area (Å²) >= 11 is 0. The van der Waals surface area contributed by atoms with Crippen molar-refractivity contribution in [3.8, 4) is 0 Å². The molecule has 10 heteroatoms. The van der Waals surface area contributed by atoms with Crippen molar-refractivity contribution in [2.24, 2.45) is 0 Å². The topological polar surface area (TPSA) is 89.5 Å². The first-order valence-electron chi connectivity index (χ1n) is 5.05. The van der Waals surface area contributed by atoms with Crippen LogP contribution in [0.2, 0.25) is 0 Å². The second-order valence-electron chi connectivity index (χ2n) is 3.25. The van der Waals surface area contributed by atoms with Crippen LogP contribution in [-0.4, -0.2) is 40.6 Å². The lowest BCUT2D eigenvalue weighted by molar-refractivity contribution is 0.0193. The summed E-state index contributed by atoms with van der Waals surface area (Å²) in [5.41, 5.74) is 0. The van der Waals surface area contributed by atoms with Crippen LogP contribution in [0.5, 0.6) is 0 Å². The normalized spacial score (nSPS) is 16.6. The highest BCUT2D eigenvalue weighted by Crippen LogP contribution is 2.52. The SMILES string of the molecule is COP(=O)(OC)O[C@@H](C)[C@@H](C)OP(=O)(OC)OC. The van der Waals surface area contributed by atoms with Gasteiger partial charge < -0.3 is 0 Å². The van der Waals surface area contributed by atoms with Gasteiger partial charge in [0.2, 0.25) is 0 Å². The molecule has 0 aliphatic rings. The fourth-order valence-corrected chi connectivity index (χ4v) is 2.70. The average molecular weight is 306 g/mol. The van der Waals surface area contributed by atoms with Crippen molar-refractivity contribution in [1.29, 1.82) is 0 Å². The van der Waals surface area contributed by atoms with Gasteiger partial charge in [-0.25, -0.2) is 9.13 Å². The van der Waals surface area contributed by atoms with Gasteiger partial charge in [-0.15, -0.1) is 0 Å². The fourth-order valence-electron chi connectivity index (χ4n) is 0.900. The van der Waals surface area contributed by atoms with Crippen molar-refractivity contribution in [3.63, 3.8) is 0 Å². The Morgan fingerprint density at radius 2 is 0.889 bits per heavy atom. The summed E-state index contributed by atoms with van der Waals surface area (Å²) < 4.78 is 52.1. The molecule has 0 saturated heterocycles. The van der Waals surface area contributed by atoms with Gasteiger partial charge in [0, 0.05) is 28.4 Å². The summed E-state index contributed by atoms with van der Waals surface area (Å²) in [6.07, 6.45) is -1.43. The summed E-state index contributed by atoms with van der Waals surface area (Å²) in [5, 5.41) is 0. The molecule has 0 aliphatic heterocycles. The van der Waals surface area contributed by atoms with Crippen LogP contribution in [0.15, 0.2) is 0 Å². The number of phosphoric ester groups is 2. The first kappa shape index (κ1) is 18.2. The Bertz CT molecular complexity index is 285. The lowest BCUT2D eigenvalue weighted by Crippen LogP contribution is -2.25. The van der Waals surface area contributed by atoms with E-state index in [0.717, 1.165) is 0 Å². The predicted molar refractivity (Wildman–Crippen MR) is 64.3 cm³/mol. The molecule has 0 heterocycles. The molecule has 0 aromatic carbocycles. The molecule has 0 spiro atoms. The highest BCUT2D eigenvalue weighted by molar-refractivity contribution is 7.48. The van der Waals surface area contributed by atoms with Gasteiger partial charge in [0.1, 0.15) is 0 Å². The van der Waals surface area contributed by atoms with Crippen LogP contribution < -0.4 is 0 Å². The zero-order valence-electron chi connectivity index (χ0n) is 11.3. The van der Waals surface area contributed by atoms with Gasteiger partial charge in [-0.05, 0) is 13.8 Å². The van der Waals surface area contributed by atoms with Crippen molar-refractivity contribution >= 4 is 15.6 Å². The summed E-state index contributed by atoms with van der Waals surface area (Å²) in [5.74, 6) is 0. The van der Waals surface area contributed by atoms with E-state index in [4.69, 9.17) is 9.05 Å². The van der Waals surface area contributed by atoms with Crippen molar-refractivity contribution in [2.45, 2.75) is 26.1 Å². The van der Waals surface area contributed by atoms with Gasteiger partial charge in [0.25, 0.3) is 0 Å². The molecule has 0 N–H and O–H groups in total. The molecule has 0 aromatic heterocycles. The van der Waals surface area contributed by atoms with E-state index < -0.39 is 27.9 Å². The molecule has 0 bridgehead atoms. The van der Waals surface area contributed by atoms with Gasteiger partial charge in [-0.2, -0.15) is 0 Å². The number of hydrogen-bond donors (Lipinski definition) is 0. The summed E-state index contributed by atoms with van der Waals surface area (Å²) in [6.45, 7) is 3.12. The van der Waals surface area contributed by atoms with E-state index >= 15 is 0 Å². The third-order valence-electron chi connectivity index (χ3n) is 2.15. The monoisotopic (exact) mass is 306 g/mol. The van der Waals surface area contributed by atoms with E-state index in [9.17, 15) is 9.13 Å². The molecule has 2 atom stereocenters. The van der Waals surface area contributed by atoms with E-state index in [0.29, 0.717) is 0 Å². The van der Waals surface area contributed by atoms with Crippen LogP contribution in [0.4, 0.5) is 0 Å². The first-order chi connectivity index (χ1) is 8.25. The molecular weight excluding hydrogens is 286 g/mol. The van der Waals surface area contributed by atoms with Crippen LogP contribution >= 0.6 is 15.6 Å². The van der Waals surface area contributed by atoms with Gasteiger partial charge in [-0.3, -0.25) is 27.1 Å². The molecule has 0 aliphatic carbocycles. The lowest BCUT2D eigenvalue weighted by Gasteiger charge is -2.25. The second-order valence-corrected chi connectivity index (χ2v) is 6.92. The van der Waals surface area contributed by atoms with Crippen molar-refractivity contribution in [2.75, 3.05) is 28.4 Å². The Balaban J connectivity index is 4.57. The third kappa shape index (κ3) is 5.47. The van der Waals surface area contributed by atoms with E-state index in [1.165, 1.54) is 28.4 Å². The summed E-state index contributed by atoms with van der Waals surface area (Å²) in [4.78, 5) is 0.